The van der Waals surface area contributed by atoms with Gasteiger partial charge in [-0.05, 0) is 37.1 Å². The molecule has 0 saturated carbocycles. The second-order valence-electron chi connectivity index (χ2n) is 5.57. The van der Waals surface area contributed by atoms with Crippen LogP contribution in [0, 0.1) is 0 Å². The predicted octanol–water partition coefficient (Wildman–Crippen LogP) is 1.44. The molecule has 23 heavy (non-hydrogen) atoms. The second kappa shape index (κ2) is 9.37. The molecule has 0 atom stereocenters. The quantitative estimate of drug-likeness (QED) is 0.734. The summed E-state index contributed by atoms with van der Waals surface area (Å²) < 4.78 is 15.3. The van der Waals surface area contributed by atoms with Gasteiger partial charge in [0.05, 0.1) is 20.3 Å². The van der Waals surface area contributed by atoms with Crippen molar-refractivity contribution in [3.63, 3.8) is 0 Å². The van der Waals surface area contributed by atoms with Gasteiger partial charge in [-0.3, -0.25) is 4.79 Å². The van der Waals surface area contributed by atoms with E-state index in [0.29, 0.717) is 13.2 Å². The topological polar surface area (TPSA) is 60.0 Å². The van der Waals surface area contributed by atoms with Gasteiger partial charge in [-0.25, -0.2) is 0 Å². The van der Waals surface area contributed by atoms with Crippen molar-refractivity contribution in [3.05, 3.63) is 24.3 Å². The highest BCUT2D eigenvalue weighted by atomic mass is 16.5. The molecule has 0 aliphatic carbocycles. The van der Waals surface area contributed by atoms with Crippen LogP contribution in [-0.2, 0) is 14.3 Å². The standard InChI is InChI=1S/C17H26N2O4/c1-21-11-12-23-13-17(20)18-14-7-9-19(10-8-14)15-3-5-16(22-2)6-4-15/h3-6,14H,7-13H2,1-2H3,(H,18,20). The summed E-state index contributed by atoms with van der Waals surface area (Å²) >= 11 is 0. The summed E-state index contributed by atoms with van der Waals surface area (Å²) in [6.45, 7) is 2.92. The Bertz CT molecular complexity index is 470. The number of amides is 1. The van der Waals surface area contributed by atoms with Gasteiger partial charge in [-0.15, -0.1) is 0 Å². The summed E-state index contributed by atoms with van der Waals surface area (Å²) in [6, 6.07) is 8.31. The molecule has 1 heterocycles. The summed E-state index contributed by atoms with van der Waals surface area (Å²) in [7, 11) is 3.28. The Morgan fingerprint density at radius 1 is 1.17 bits per heavy atom. The zero-order valence-corrected chi connectivity index (χ0v) is 13.9. The number of nitrogens with zero attached hydrogens (tertiary/aromatic N) is 1. The number of rotatable bonds is 8. The van der Waals surface area contributed by atoms with Crippen LogP contribution in [0.1, 0.15) is 12.8 Å². The summed E-state index contributed by atoms with van der Waals surface area (Å²) in [4.78, 5) is 14.1. The molecule has 0 bridgehead atoms. The number of ether oxygens (including phenoxy) is 3. The van der Waals surface area contributed by atoms with Crippen molar-refractivity contribution in [2.45, 2.75) is 18.9 Å². The third-order valence-electron chi connectivity index (χ3n) is 3.96. The van der Waals surface area contributed by atoms with Crippen LogP contribution in [0.2, 0.25) is 0 Å². The number of carbonyl (C=O) groups excluding carboxylic acids is 1. The van der Waals surface area contributed by atoms with Crippen LogP contribution in [0.4, 0.5) is 5.69 Å². The summed E-state index contributed by atoms with van der Waals surface area (Å²) in [5.41, 5.74) is 1.19. The van der Waals surface area contributed by atoms with E-state index < -0.39 is 0 Å². The lowest BCUT2D eigenvalue weighted by atomic mass is 10.0. The molecule has 1 fully saturated rings. The smallest absolute Gasteiger partial charge is 0.246 e. The van der Waals surface area contributed by atoms with Crippen molar-refractivity contribution in [2.24, 2.45) is 0 Å². The Labute approximate surface area is 137 Å². The maximum atomic E-state index is 11.8. The summed E-state index contributed by atoms with van der Waals surface area (Å²) in [6.07, 6.45) is 1.88. The van der Waals surface area contributed by atoms with Crippen LogP contribution in [0.3, 0.4) is 0 Å². The highest BCUT2D eigenvalue weighted by Crippen LogP contribution is 2.22. The average Bonchev–Trinajstić information content (AvgIpc) is 2.59. The molecule has 0 spiro atoms. The molecular weight excluding hydrogens is 296 g/mol. The van der Waals surface area contributed by atoms with Crippen LogP contribution >= 0.6 is 0 Å². The van der Waals surface area contributed by atoms with Gasteiger partial charge >= 0.3 is 0 Å². The van der Waals surface area contributed by atoms with Gasteiger partial charge in [0.15, 0.2) is 0 Å². The van der Waals surface area contributed by atoms with Gasteiger partial charge in [0.1, 0.15) is 12.4 Å². The molecule has 1 aliphatic rings. The first-order valence-electron chi connectivity index (χ1n) is 7.98. The fourth-order valence-electron chi connectivity index (χ4n) is 2.65. The maximum absolute atomic E-state index is 11.8. The molecule has 0 aromatic heterocycles. The van der Waals surface area contributed by atoms with E-state index >= 15 is 0 Å². The minimum atomic E-state index is -0.0519. The van der Waals surface area contributed by atoms with Gasteiger partial charge in [-0.1, -0.05) is 0 Å². The van der Waals surface area contributed by atoms with Crippen LogP contribution in [-0.4, -0.2) is 59.1 Å². The minimum absolute atomic E-state index is 0.0519. The van der Waals surface area contributed by atoms with Gasteiger partial charge in [0.25, 0.3) is 0 Å². The van der Waals surface area contributed by atoms with Gasteiger partial charge in [0.2, 0.25) is 5.91 Å². The Balaban J connectivity index is 1.69. The molecule has 1 amide bonds. The van der Waals surface area contributed by atoms with E-state index in [1.54, 1.807) is 14.2 Å². The summed E-state index contributed by atoms with van der Waals surface area (Å²) in [5, 5.41) is 3.03. The van der Waals surface area contributed by atoms with Crippen LogP contribution in [0.25, 0.3) is 0 Å². The van der Waals surface area contributed by atoms with Crippen molar-refractivity contribution in [1.29, 1.82) is 0 Å². The monoisotopic (exact) mass is 322 g/mol. The van der Waals surface area contributed by atoms with Crippen molar-refractivity contribution in [2.75, 3.05) is 52.0 Å². The molecule has 0 radical (unpaired) electrons. The minimum Gasteiger partial charge on any atom is -0.497 e. The predicted molar refractivity (Wildman–Crippen MR) is 89.1 cm³/mol. The van der Waals surface area contributed by atoms with E-state index in [2.05, 4.69) is 22.3 Å². The molecule has 6 heteroatoms. The molecule has 1 aromatic carbocycles. The Morgan fingerprint density at radius 2 is 1.87 bits per heavy atom. The first kappa shape index (κ1) is 17.6. The van der Waals surface area contributed by atoms with Crippen LogP contribution in [0.5, 0.6) is 5.75 Å². The number of benzene rings is 1. The third-order valence-corrected chi connectivity index (χ3v) is 3.96. The van der Waals surface area contributed by atoms with Crippen molar-refractivity contribution < 1.29 is 19.0 Å². The molecule has 1 N–H and O–H groups in total. The molecule has 0 unspecified atom stereocenters. The normalized spacial score (nSPS) is 15.5. The lowest BCUT2D eigenvalue weighted by Gasteiger charge is -2.34. The molecule has 1 saturated heterocycles. The van der Waals surface area contributed by atoms with Crippen molar-refractivity contribution in [1.82, 2.24) is 5.32 Å². The number of hydrogen-bond acceptors (Lipinski definition) is 5. The van der Waals surface area contributed by atoms with E-state index in [9.17, 15) is 4.79 Å². The van der Waals surface area contributed by atoms with Crippen molar-refractivity contribution in [3.8, 4) is 5.75 Å². The fraction of sp³-hybridized carbons (Fsp3) is 0.588. The third kappa shape index (κ3) is 5.73. The molecule has 1 aromatic rings. The summed E-state index contributed by atoms with van der Waals surface area (Å²) in [5.74, 6) is 0.813. The fourth-order valence-corrected chi connectivity index (χ4v) is 2.65. The van der Waals surface area contributed by atoms with Crippen LogP contribution < -0.4 is 15.0 Å². The molecule has 6 nitrogen and oxygen atoms in total. The Kier molecular flexibility index (Phi) is 7.16. The second-order valence-corrected chi connectivity index (χ2v) is 5.57. The van der Waals surface area contributed by atoms with E-state index in [1.165, 1.54) is 5.69 Å². The first-order chi connectivity index (χ1) is 11.2. The molecule has 128 valence electrons. The van der Waals surface area contributed by atoms with Crippen molar-refractivity contribution >= 4 is 11.6 Å². The first-order valence-corrected chi connectivity index (χ1v) is 7.98. The largest absolute Gasteiger partial charge is 0.497 e. The zero-order chi connectivity index (χ0) is 16.5. The van der Waals surface area contributed by atoms with Crippen LogP contribution in [0.15, 0.2) is 24.3 Å². The molecular formula is C17H26N2O4. The number of nitrogens with one attached hydrogen (secondary N) is 1. The lowest BCUT2D eigenvalue weighted by molar-refractivity contribution is -0.127. The number of anilines is 1. The Hall–Kier alpha value is -1.79. The highest BCUT2D eigenvalue weighted by Gasteiger charge is 2.20. The molecule has 1 aliphatic heterocycles. The zero-order valence-electron chi connectivity index (χ0n) is 13.9. The average molecular weight is 322 g/mol. The number of piperidine rings is 1. The van der Waals surface area contributed by atoms with E-state index in [4.69, 9.17) is 14.2 Å². The van der Waals surface area contributed by atoms with E-state index in [-0.39, 0.29) is 18.6 Å². The van der Waals surface area contributed by atoms with Gasteiger partial charge in [-0.2, -0.15) is 0 Å². The van der Waals surface area contributed by atoms with E-state index in [1.807, 2.05) is 12.1 Å². The lowest BCUT2D eigenvalue weighted by Crippen LogP contribution is -2.45. The van der Waals surface area contributed by atoms with Gasteiger partial charge < -0.3 is 24.4 Å². The number of methoxy groups -OCH3 is 2. The highest BCUT2D eigenvalue weighted by molar-refractivity contribution is 5.77. The van der Waals surface area contributed by atoms with Gasteiger partial charge in [0, 0.05) is 31.9 Å². The van der Waals surface area contributed by atoms with E-state index in [0.717, 1.165) is 31.7 Å². The number of carbonyl (C=O) groups is 1. The molecule has 2 rings (SSSR count). The Morgan fingerprint density at radius 3 is 2.48 bits per heavy atom. The number of hydrogen-bond donors (Lipinski definition) is 1. The maximum Gasteiger partial charge on any atom is 0.246 e. The SMILES string of the molecule is COCCOCC(=O)NC1CCN(c2ccc(OC)cc2)CC1.